The van der Waals surface area contributed by atoms with E-state index in [-0.39, 0.29) is 18.3 Å². The Hall–Kier alpha value is -1.44. The van der Waals surface area contributed by atoms with Gasteiger partial charge in [-0.15, -0.1) is 0 Å². The number of nitrogens with zero attached hydrogens (tertiary/aromatic N) is 1. The number of hydrogen-bond acceptors (Lipinski definition) is 3. The van der Waals surface area contributed by atoms with E-state index in [0.29, 0.717) is 16.3 Å². The van der Waals surface area contributed by atoms with Crippen molar-refractivity contribution in [2.45, 2.75) is 0 Å². The third kappa shape index (κ3) is 5.60. The normalized spacial score (nSPS) is 10.8. The average molecular weight is 464 g/mol. The Labute approximate surface area is 154 Å². The van der Waals surface area contributed by atoms with Crippen LogP contribution in [0, 0.1) is 5.82 Å². The molecule has 0 spiro atoms. The molecule has 120 valence electrons. The number of nitrogens with one attached hydrogen (secondary N) is 2. The first-order valence-electron chi connectivity index (χ1n) is 6.41. The summed E-state index contributed by atoms with van der Waals surface area (Å²) in [6.45, 7) is 0.0274. The molecule has 4 nitrogen and oxygen atoms in total. The summed E-state index contributed by atoms with van der Waals surface area (Å²) in [6, 6.07) is 9.20. The molecule has 23 heavy (non-hydrogen) atoms. The first-order chi connectivity index (χ1) is 11.0. The van der Waals surface area contributed by atoms with Crippen LogP contribution in [0.3, 0.4) is 0 Å². The largest absolute Gasteiger partial charge is 0.374 e. The van der Waals surface area contributed by atoms with Crippen LogP contribution in [0.1, 0.15) is 5.56 Å². The molecule has 0 fully saturated rings. The molecule has 0 aliphatic rings. The van der Waals surface area contributed by atoms with Crippen molar-refractivity contribution in [2.24, 2.45) is 5.10 Å². The van der Waals surface area contributed by atoms with Gasteiger partial charge in [0.05, 0.1) is 18.4 Å². The lowest BCUT2D eigenvalue weighted by Crippen LogP contribution is -2.26. The van der Waals surface area contributed by atoms with Crippen molar-refractivity contribution in [1.82, 2.24) is 5.43 Å². The van der Waals surface area contributed by atoms with E-state index < -0.39 is 0 Å². The molecule has 8 heteroatoms. The van der Waals surface area contributed by atoms with Crippen molar-refractivity contribution in [2.75, 3.05) is 11.9 Å². The Morgan fingerprint density at radius 3 is 2.43 bits per heavy atom. The van der Waals surface area contributed by atoms with Crippen LogP contribution in [-0.4, -0.2) is 18.7 Å². The molecule has 0 aliphatic carbocycles. The summed E-state index contributed by atoms with van der Waals surface area (Å²) < 4.78 is 14.2. The Bertz CT molecular complexity index is 715. The third-order valence-corrected chi connectivity index (χ3v) is 4.17. The second-order valence-corrected chi connectivity index (χ2v) is 6.59. The number of anilines is 1. The molecule has 2 aromatic rings. The number of hydrogen-bond donors (Lipinski definition) is 2. The Morgan fingerprint density at radius 2 is 1.83 bits per heavy atom. The van der Waals surface area contributed by atoms with Gasteiger partial charge in [-0.3, -0.25) is 4.79 Å². The number of carbonyl (C=O) groups is 1. The zero-order chi connectivity index (χ0) is 16.8. The van der Waals surface area contributed by atoms with Crippen LogP contribution in [0.4, 0.5) is 10.1 Å². The van der Waals surface area contributed by atoms with Gasteiger partial charge in [0.15, 0.2) is 0 Å². The summed E-state index contributed by atoms with van der Waals surface area (Å²) >= 11 is 12.6. The number of amides is 1. The summed E-state index contributed by atoms with van der Waals surface area (Å²) in [6.07, 6.45) is 1.44. The fourth-order valence-corrected chi connectivity index (χ4v) is 3.60. The predicted molar refractivity (Wildman–Crippen MR) is 97.5 cm³/mol. The SMILES string of the molecule is O=C(CNc1c(Br)cc(Cl)cc1Br)N/N=C/c1ccc(F)cc1. The van der Waals surface area contributed by atoms with E-state index >= 15 is 0 Å². The standard InChI is InChI=1S/C15H11Br2ClFN3O/c16-12-5-10(18)6-13(17)15(12)20-8-14(23)22-21-7-9-1-3-11(19)4-2-9/h1-7,20H,8H2,(H,22,23)/b21-7+. The van der Waals surface area contributed by atoms with Crippen molar-refractivity contribution in [3.63, 3.8) is 0 Å². The van der Waals surface area contributed by atoms with E-state index in [4.69, 9.17) is 11.6 Å². The molecule has 0 bridgehead atoms. The molecule has 0 saturated heterocycles. The van der Waals surface area contributed by atoms with Crippen LogP contribution >= 0.6 is 43.5 Å². The van der Waals surface area contributed by atoms with E-state index in [1.54, 1.807) is 24.3 Å². The lowest BCUT2D eigenvalue weighted by molar-refractivity contribution is -0.119. The molecule has 2 rings (SSSR count). The lowest BCUT2D eigenvalue weighted by Gasteiger charge is -2.10. The summed E-state index contributed by atoms with van der Waals surface area (Å²) in [5.41, 5.74) is 3.78. The number of rotatable bonds is 5. The van der Waals surface area contributed by atoms with E-state index in [0.717, 1.165) is 8.95 Å². The highest BCUT2D eigenvalue weighted by Crippen LogP contribution is 2.33. The van der Waals surface area contributed by atoms with E-state index in [9.17, 15) is 9.18 Å². The van der Waals surface area contributed by atoms with Crippen LogP contribution in [0.2, 0.25) is 5.02 Å². The van der Waals surface area contributed by atoms with Gasteiger partial charge in [0.1, 0.15) is 5.82 Å². The minimum Gasteiger partial charge on any atom is -0.374 e. The highest BCUT2D eigenvalue weighted by atomic mass is 79.9. The molecule has 0 heterocycles. The summed E-state index contributed by atoms with van der Waals surface area (Å²) in [5.74, 6) is -0.647. The van der Waals surface area contributed by atoms with Crippen LogP contribution in [-0.2, 0) is 4.79 Å². The van der Waals surface area contributed by atoms with Crippen molar-refractivity contribution in [3.05, 3.63) is 61.7 Å². The van der Waals surface area contributed by atoms with Crippen molar-refractivity contribution in [3.8, 4) is 0 Å². The molecule has 0 radical (unpaired) electrons. The van der Waals surface area contributed by atoms with Crippen LogP contribution < -0.4 is 10.7 Å². The molecule has 2 N–H and O–H groups in total. The maximum atomic E-state index is 12.8. The second-order valence-electron chi connectivity index (χ2n) is 4.44. The molecule has 0 unspecified atom stereocenters. The van der Waals surface area contributed by atoms with E-state index in [1.807, 2.05) is 0 Å². The predicted octanol–water partition coefficient (Wildman–Crippen LogP) is 4.57. The van der Waals surface area contributed by atoms with Crippen molar-refractivity contribution in [1.29, 1.82) is 0 Å². The van der Waals surface area contributed by atoms with E-state index in [1.165, 1.54) is 18.3 Å². The highest BCUT2D eigenvalue weighted by Gasteiger charge is 2.08. The number of halogens is 4. The van der Waals surface area contributed by atoms with Gasteiger partial charge in [0, 0.05) is 14.0 Å². The molecular weight excluding hydrogens is 452 g/mol. The maximum Gasteiger partial charge on any atom is 0.259 e. The number of hydrazone groups is 1. The van der Waals surface area contributed by atoms with Crippen molar-refractivity contribution >= 4 is 61.3 Å². The van der Waals surface area contributed by atoms with Crippen LogP contribution in [0.5, 0.6) is 0 Å². The first kappa shape index (κ1) is 17.9. The minimum atomic E-state index is -0.325. The Morgan fingerprint density at radius 1 is 1.22 bits per heavy atom. The fourth-order valence-electron chi connectivity index (χ4n) is 1.65. The summed E-state index contributed by atoms with van der Waals surface area (Å²) in [5, 5.41) is 7.36. The van der Waals surface area contributed by atoms with Gasteiger partial charge in [-0.25, -0.2) is 9.82 Å². The monoisotopic (exact) mass is 461 g/mol. The first-order valence-corrected chi connectivity index (χ1v) is 8.38. The summed E-state index contributed by atoms with van der Waals surface area (Å²) in [4.78, 5) is 11.7. The molecule has 0 aliphatic heterocycles. The molecule has 2 aromatic carbocycles. The van der Waals surface area contributed by atoms with Crippen LogP contribution in [0.15, 0.2) is 50.4 Å². The maximum absolute atomic E-state index is 12.8. The number of carbonyl (C=O) groups excluding carboxylic acids is 1. The quantitative estimate of drug-likeness (QED) is 0.504. The van der Waals surface area contributed by atoms with Gasteiger partial charge < -0.3 is 5.32 Å². The fraction of sp³-hybridized carbons (Fsp3) is 0.0667. The molecule has 0 aromatic heterocycles. The van der Waals surface area contributed by atoms with Crippen LogP contribution in [0.25, 0.3) is 0 Å². The van der Waals surface area contributed by atoms with Gasteiger partial charge in [0.2, 0.25) is 0 Å². The zero-order valence-electron chi connectivity index (χ0n) is 11.6. The van der Waals surface area contributed by atoms with Gasteiger partial charge in [-0.2, -0.15) is 5.10 Å². The van der Waals surface area contributed by atoms with Gasteiger partial charge in [-0.1, -0.05) is 23.7 Å². The van der Waals surface area contributed by atoms with E-state index in [2.05, 4.69) is 47.7 Å². The molecule has 0 atom stereocenters. The topological polar surface area (TPSA) is 53.5 Å². The third-order valence-electron chi connectivity index (χ3n) is 2.71. The van der Waals surface area contributed by atoms with Gasteiger partial charge >= 0.3 is 0 Å². The lowest BCUT2D eigenvalue weighted by atomic mass is 10.2. The van der Waals surface area contributed by atoms with Gasteiger partial charge in [-0.05, 0) is 61.7 Å². The summed E-state index contributed by atoms with van der Waals surface area (Å²) in [7, 11) is 0. The average Bonchev–Trinajstić information content (AvgIpc) is 2.48. The smallest absolute Gasteiger partial charge is 0.259 e. The van der Waals surface area contributed by atoms with Crippen molar-refractivity contribution < 1.29 is 9.18 Å². The molecule has 0 saturated carbocycles. The van der Waals surface area contributed by atoms with Gasteiger partial charge in [0.25, 0.3) is 5.91 Å². The molecule has 1 amide bonds. The Balaban J connectivity index is 1.87. The number of benzene rings is 2. The Kier molecular flexibility index (Phi) is 6.56. The minimum absolute atomic E-state index is 0.0274. The highest BCUT2D eigenvalue weighted by molar-refractivity contribution is 9.11. The second kappa shape index (κ2) is 8.42. The molecular formula is C15H11Br2ClFN3O. The zero-order valence-corrected chi connectivity index (χ0v) is 15.5.